The molecular formula is C18H25N3O2S. The summed E-state index contributed by atoms with van der Waals surface area (Å²) in [5.74, 6) is 0.969. The Kier molecular flexibility index (Phi) is 4.67. The highest BCUT2D eigenvalue weighted by Crippen LogP contribution is 2.32. The molecule has 1 amide bonds. The normalized spacial score (nSPS) is 16.4. The molecule has 6 heteroatoms. The molecule has 24 heavy (non-hydrogen) atoms. The van der Waals surface area contributed by atoms with E-state index < -0.39 is 0 Å². The first kappa shape index (κ1) is 17.0. The van der Waals surface area contributed by atoms with Crippen LogP contribution in [0.5, 0.6) is 5.75 Å². The standard InChI is InChI=1S/C18H25N3O2S/c1-18(2,3)16(22)19-12-7-9-21(10-8-12)17-20-14-11-13(23-4)5-6-15(14)24-17/h5-6,11-12H,7-10H2,1-4H3,(H,19,22). The highest BCUT2D eigenvalue weighted by atomic mass is 32.1. The summed E-state index contributed by atoms with van der Waals surface area (Å²) in [6.45, 7) is 7.70. The number of amides is 1. The molecule has 0 unspecified atom stereocenters. The molecule has 1 aromatic heterocycles. The van der Waals surface area contributed by atoms with Crippen LogP contribution in [-0.2, 0) is 4.79 Å². The van der Waals surface area contributed by atoms with Crippen molar-refractivity contribution in [2.75, 3.05) is 25.1 Å². The second-order valence-corrected chi connectivity index (χ2v) is 8.32. The highest BCUT2D eigenvalue weighted by molar-refractivity contribution is 7.22. The Bertz CT molecular complexity index is 727. The van der Waals surface area contributed by atoms with Crippen molar-refractivity contribution in [2.45, 2.75) is 39.7 Å². The zero-order valence-corrected chi connectivity index (χ0v) is 15.6. The Morgan fingerprint density at radius 2 is 2.04 bits per heavy atom. The molecule has 0 spiro atoms. The topological polar surface area (TPSA) is 54.5 Å². The van der Waals surface area contributed by atoms with E-state index >= 15 is 0 Å². The van der Waals surface area contributed by atoms with Crippen LogP contribution in [0.2, 0.25) is 0 Å². The SMILES string of the molecule is COc1ccc2sc(N3CCC(NC(=O)C(C)(C)C)CC3)nc2c1. The van der Waals surface area contributed by atoms with Crippen molar-refractivity contribution in [1.29, 1.82) is 0 Å². The summed E-state index contributed by atoms with van der Waals surface area (Å²) in [4.78, 5) is 19.2. The highest BCUT2D eigenvalue weighted by Gasteiger charge is 2.27. The van der Waals surface area contributed by atoms with Crippen LogP contribution >= 0.6 is 11.3 Å². The summed E-state index contributed by atoms with van der Waals surface area (Å²) in [5, 5.41) is 4.23. The van der Waals surface area contributed by atoms with Crippen LogP contribution in [0.3, 0.4) is 0 Å². The Hall–Kier alpha value is -1.82. The van der Waals surface area contributed by atoms with Gasteiger partial charge in [-0.3, -0.25) is 4.79 Å². The fourth-order valence-corrected chi connectivity index (χ4v) is 3.77. The fourth-order valence-electron chi connectivity index (χ4n) is 2.77. The molecular weight excluding hydrogens is 322 g/mol. The number of nitrogens with one attached hydrogen (secondary N) is 1. The Labute approximate surface area is 147 Å². The lowest BCUT2D eigenvalue weighted by atomic mass is 9.94. The molecule has 130 valence electrons. The van der Waals surface area contributed by atoms with Gasteiger partial charge in [0.25, 0.3) is 0 Å². The van der Waals surface area contributed by atoms with Gasteiger partial charge in [-0.05, 0) is 25.0 Å². The maximum Gasteiger partial charge on any atom is 0.225 e. The van der Waals surface area contributed by atoms with E-state index in [1.807, 2.05) is 32.9 Å². The Balaban J connectivity index is 1.63. The number of methoxy groups -OCH3 is 1. The molecule has 2 heterocycles. The number of ether oxygens (including phenoxy) is 1. The number of carbonyl (C=O) groups is 1. The third-order valence-electron chi connectivity index (χ3n) is 4.37. The van der Waals surface area contributed by atoms with E-state index in [0.717, 1.165) is 42.3 Å². The predicted molar refractivity (Wildman–Crippen MR) is 99.0 cm³/mol. The van der Waals surface area contributed by atoms with Crippen molar-refractivity contribution in [2.24, 2.45) is 5.41 Å². The van der Waals surface area contributed by atoms with Gasteiger partial charge in [0, 0.05) is 30.6 Å². The maximum atomic E-state index is 12.1. The van der Waals surface area contributed by atoms with Crippen LogP contribution in [0.25, 0.3) is 10.2 Å². The second kappa shape index (κ2) is 6.59. The van der Waals surface area contributed by atoms with E-state index in [0.29, 0.717) is 0 Å². The number of benzene rings is 1. The summed E-state index contributed by atoms with van der Waals surface area (Å²) in [5.41, 5.74) is 0.654. The summed E-state index contributed by atoms with van der Waals surface area (Å²) >= 11 is 1.71. The number of nitrogens with zero attached hydrogens (tertiary/aromatic N) is 2. The van der Waals surface area contributed by atoms with E-state index in [9.17, 15) is 4.79 Å². The lowest BCUT2D eigenvalue weighted by molar-refractivity contribution is -0.129. The average Bonchev–Trinajstić information content (AvgIpc) is 2.97. The molecule has 1 aromatic carbocycles. The van der Waals surface area contributed by atoms with Crippen molar-refractivity contribution >= 4 is 32.6 Å². The van der Waals surface area contributed by atoms with Gasteiger partial charge in [-0.15, -0.1) is 0 Å². The van der Waals surface area contributed by atoms with E-state index in [1.54, 1.807) is 18.4 Å². The van der Waals surface area contributed by atoms with Gasteiger partial charge < -0.3 is 15.0 Å². The summed E-state index contributed by atoms with van der Waals surface area (Å²) in [6, 6.07) is 6.28. The molecule has 0 atom stereocenters. The third-order valence-corrected chi connectivity index (χ3v) is 5.46. The van der Waals surface area contributed by atoms with Crippen molar-refractivity contribution in [3.8, 4) is 5.75 Å². The molecule has 1 N–H and O–H groups in total. The molecule has 0 bridgehead atoms. The van der Waals surface area contributed by atoms with Crippen LogP contribution in [0, 0.1) is 5.41 Å². The van der Waals surface area contributed by atoms with Crippen LogP contribution in [0.4, 0.5) is 5.13 Å². The van der Waals surface area contributed by atoms with Crippen LogP contribution < -0.4 is 15.0 Å². The van der Waals surface area contributed by atoms with Crippen molar-refractivity contribution in [3.05, 3.63) is 18.2 Å². The van der Waals surface area contributed by atoms with Gasteiger partial charge in [0.15, 0.2) is 5.13 Å². The lowest BCUT2D eigenvalue weighted by Gasteiger charge is -2.33. The number of aromatic nitrogens is 1. The molecule has 1 saturated heterocycles. The third kappa shape index (κ3) is 3.64. The molecule has 0 aliphatic carbocycles. The minimum absolute atomic E-state index is 0.132. The molecule has 0 saturated carbocycles. The zero-order chi connectivity index (χ0) is 17.3. The number of fused-ring (bicyclic) bond motifs is 1. The largest absolute Gasteiger partial charge is 0.497 e. The van der Waals surface area contributed by atoms with Gasteiger partial charge in [-0.2, -0.15) is 0 Å². The zero-order valence-electron chi connectivity index (χ0n) is 14.8. The van der Waals surface area contributed by atoms with E-state index in [4.69, 9.17) is 9.72 Å². The minimum Gasteiger partial charge on any atom is -0.497 e. The van der Waals surface area contributed by atoms with Crippen molar-refractivity contribution in [1.82, 2.24) is 10.3 Å². The number of piperidine rings is 1. The number of hydrogen-bond acceptors (Lipinski definition) is 5. The molecule has 1 aliphatic rings. The number of anilines is 1. The quantitative estimate of drug-likeness (QED) is 0.924. The average molecular weight is 347 g/mol. The first-order valence-corrected chi connectivity index (χ1v) is 9.19. The van der Waals surface area contributed by atoms with Gasteiger partial charge in [0.1, 0.15) is 5.75 Å². The number of rotatable bonds is 3. The van der Waals surface area contributed by atoms with Gasteiger partial charge in [-0.1, -0.05) is 32.1 Å². The van der Waals surface area contributed by atoms with E-state index in [-0.39, 0.29) is 17.4 Å². The molecule has 3 rings (SSSR count). The number of hydrogen-bond donors (Lipinski definition) is 1. The van der Waals surface area contributed by atoms with Gasteiger partial charge in [0.2, 0.25) is 5.91 Å². The summed E-state index contributed by atoms with van der Waals surface area (Å²) < 4.78 is 6.44. The summed E-state index contributed by atoms with van der Waals surface area (Å²) in [6.07, 6.45) is 1.92. The molecule has 1 aliphatic heterocycles. The van der Waals surface area contributed by atoms with Crippen LogP contribution in [0.15, 0.2) is 18.2 Å². The Morgan fingerprint density at radius 3 is 2.67 bits per heavy atom. The Morgan fingerprint density at radius 1 is 1.33 bits per heavy atom. The molecule has 5 nitrogen and oxygen atoms in total. The second-order valence-electron chi connectivity index (χ2n) is 7.31. The van der Waals surface area contributed by atoms with E-state index in [2.05, 4.69) is 16.3 Å². The lowest BCUT2D eigenvalue weighted by Crippen LogP contribution is -2.47. The monoisotopic (exact) mass is 347 g/mol. The van der Waals surface area contributed by atoms with Gasteiger partial charge in [0.05, 0.1) is 17.3 Å². The van der Waals surface area contributed by atoms with E-state index in [1.165, 1.54) is 4.70 Å². The first-order valence-electron chi connectivity index (χ1n) is 8.37. The molecule has 1 fully saturated rings. The molecule has 2 aromatic rings. The number of thiazole rings is 1. The maximum absolute atomic E-state index is 12.1. The first-order chi connectivity index (χ1) is 11.4. The minimum atomic E-state index is -0.330. The smallest absolute Gasteiger partial charge is 0.225 e. The van der Waals surface area contributed by atoms with Gasteiger partial charge >= 0.3 is 0 Å². The van der Waals surface area contributed by atoms with Gasteiger partial charge in [-0.25, -0.2) is 4.98 Å². The molecule has 0 radical (unpaired) electrons. The fraction of sp³-hybridized carbons (Fsp3) is 0.556. The van der Waals surface area contributed by atoms with Crippen LogP contribution in [0.1, 0.15) is 33.6 Å². The van der Waals surface area contributed by atoms with Crippen LogP contribution in [-0.4, -0.2) is 37.1 Å². The van der Waals surface area contributed by atoms with Crippen molar-refractivity contribution < 1.29 is 9.53 Å². The summed E-state index contributed by atoms with van der Waals surface area (Å²) in [7, 11) is 1.67. The predicted octanol–water partition coefficient (Wildman–Crippen LogP) is 3.44. The van der Waals surface area contributed by atoms with Crippen molar-refractivity contribution in [3.63, 3.8) is 0 Å². The number of carbonyl (C=O) groups excluding carboxylic acids is 1.